The molecule has 0 bridgehead atoms. The first-order valence-corrected chi connectivity index (χ1v) is 35.6. The Morgan fingerprint density at radius 2 is 0.763 bits per heavy atom. The second-order valence-electron chi connectivity index (χ2n) is 23.7. The Kier molecular flexibility index (Phi) is 53.8. The van der Waals surface area contributed by atoms with Crippen molar-refractivity contribution >= 4 is 27.6 Å². The van der Waals surface area contributed by atoms with Crippen LogP contribution in [0.4, 0.5) is 0 Å². The Hall–Kier alpha value is -0.150. The number of ether oxygens (including phenoxy) is 1. The van der Waals surface area contributed by atoms with Crippen molar-refractivity contribution in [1.82, 2.24) is 19.6 Å². The number of aliphatic hydroxyl groups is 4. The van der Waals surface area contributed by atoms with Crippen LogP contribution in [0.3, 0.4) is 0 Å². The zero-order valence-electron chi connectivity index (χ0n) is 51.1. The molecule has 10 nitrogen and oxygen atoms in total. The molecule has 454 valence electrons. The number of carbonyl (C=O) groups is 1. The lowest BCUT2D eigenvalue weighted by Crippen LogP contribution is -2.47. The van der Waals surface area contributed by atoms with E-state index < -0.39 is 12.2 Å². The summed E-state index contributed by atoms with van der Waals surface area (Å²) in [6.45, 7) is 20.8. The van der Waals surface area contributed by atoms with Gasteiger partial charge in [-0.15, -0.1) is 0 Å². The molecule has 0 aromatic rings. The lowest BCUT2D eigenvalue weighted by molar-refractivity contribution is -0.144. The Morgan fingerprint density at radius 1 is 0.434 bits per heavy atom. The van der Waals surface area contributed by atoms with Gasteiger partial charge in [-0.25, -0.2) is 0 Å². The summed E-state index contributed by atoms with van der Waals surface area (Å²) in [5.74, 6) is 2.02. The third-order valence-electron chi connectivity index (χ3n) is 16.2. The molecule has 1 heterocycles. The number of carbonyl (C=O) groups excluding carboxylic acids is 1. The Morgan fingerprint density at radius 3 is 1.14 bits per heavy atom. The van der Waals surface area contributed by atoms with Crippen molar-refractivity contribution in [1.29, 1.82) is 0 Å². The molecule has 1 aliphatic heterocycles. The van der Waals surface area contributed by atoms with Crippen molar-refractivity contribution < 1.29 is 30.0 Å². The van der Waals surface area contributed by atoms with Crippen LogP contribution in [-0.4, -0.2) is 167 Å². The molecule has 0 aromatic carbocycles. The highest BCUT2D eigenvalue weighted by Crippen LogP contribution is 2.25. The predicted octanol–water partition coefficient (Wildman–Crippen LogP) is 15.3. The molecule has 12 heteroatoms. The van der Waals surface area contributed by atoms with Crippen molar-refractivity contribution in [3.05, 3.63) is 0 Å². The molecule has 1 aliphatic rings. The molecular weight excluding hydrogens is 985 g/mol. The van der Waals surface area contributed by atoms with E-state index in [1.807, 2.05) is 21.6 Å². The minimum Gasteiger partial charge on any atom is -0.464 e. The van der Waals surface area contributed by atoms with Crippen LogP contribution in [0.25, 0.3) is 0 Å². The van der Waals surface area contributed by atoms with Crippen LogP contribution in [0.15, 0.2) is 0 Å². The highest BCUT2D eigenvalue weighted by atomic mass is 33.1. The largest absolute Gasteiger partial charge is 0.464 e. The molecule has 0 amide bonds. The SMILES string of the molecule is CCCCCCCCCCCCC(O)CN(CCCC(=O)OCCN1CCN(CCSSCCC(C)N(CC(O)CCCCCCCC)CC(O)CCCCCCCC)CC1)CC(O)CCCCCCCCCCCC. The average Bonchev–Trinajstić information content (AvgIpc) is 3.40. The summed E-state index contributed by atoms with van der Waals surface area (Å²) >= 11 is 0. The Labute approximate surface area is 480 Å². The quantitative estimate of drug-likeness (QED) is 0.0264. The van der Waals surface area contributed by atoms with E-state index in [0.717, 1.165) is 109 Å². The van der Waals surface area contributed by atoms with Gasteiger partial charge in [-0.05, 0) is 52.0 Å². The number of aliphatic hydroxyl groups excluding tert-OH is 4. The summed E-state index contributed by atoms with van der Waals surface area (Å²) in [5, 5.41) is 44.2. The van der Waals surface area contributed by atoms with Crippen LogP contribution in [0, 0.1) is 0 Å². The maximum Gasteiger partial charge on any atom is 0.305 e. The number of rotatable bonds is 59. The Balaban J connectivity index is 2.40. The van der Waals surface area contributed by atoms with Crippen LogP contribution in [0.5, 0.6) is 0 Å². The number of nitrogens with zero attached hydrogens (tertiary/aromatic N) is 4. The van der Waals surface area contributed by atoms with Gasteiger partial charge in [0.1, 0.15) is 6.61 Å². The lowest BCUT2D eigenvalue weighted by atomic mass is 10.0. The van der Waals surface area contributed by atoms with Gasteiger partial charge in [0, 0.05) is 89.4 Å². The number of hydrogen-bond acceptors (Lipinski definition) is 12. The van der Waals surface area contributed by atoms with Crippen molar-refractivity contribution in [2.24, 2.45) is 0 Å². The molecule has 0 radical (unpaired) electrons. The second-order valence-corrected chi connectivity index (χ2v) is 26.4. The first kappa shape index (κ1) is 73.9. The van der Waals surface area contributed by atoms with E-state index in [-0.39, 0.29) is 18.2 Å². The van der Waals surface area contributed by atoms with E-state index in [1.54, 1.807) is 0 Å². The summed E-state index contributed by atoms with van der Waals surface area (Å²) in [6, 6.07) is 0.326. The molecule has 1 rings (SSSR count). The number of hydrogen-bond donors (Lipinski definition) is 4. The standard InChI is InChI=1S/C64H130N4O6S2/c1-6-10-14-18-22-24-26-28-32-34-39-60(69)55-67(56-61(70)40-35-33-29-27-25-23-19-15-11-7-2)45-38-43-64(73)74-52-50-65-46-48-66(49-47-65)51-54-76-75-53-44-59(5)68(57-62(71)41-36-30-20-16-12-8-3)58-63(72)42-37-31-21-17-13-9-4/h59-63,69-72H,6-58H2,1-5H3. The fraction of sp³-hybridized carbons (Fsp3) is 0.984. The minimum absolute atomic E-state index is 0.144. The Bertz CT molecular complexity index is 1150. The first-order chi connectivity index (χ1) is 37.1. The van der Waals surface area contributed by atoms with Crippen molar-refractivity contribution in [2.75, 3.05) is 90.1 Å². The van der Waals surface area contributed by atoms with E-state index in [1.165, 1.54) is 180 Å². The number of esters is 1. The van der Waals surface area contributed by atoms with Crippen LogP contribution < -0.4 is 0 Å². The highest BCUT2D eigenvalue weighted by molar-refractivity contribution is 8.76. The maximum absolute atomic E-state index is 12.9. The van der Waals surface area contributed by atoms with Gasteiger partial charge in [-0.1, -0.05) is 255 Å². The van der Waals surface area contributed by atoms with Crippen LogP contribution in [-0.2, 0) is 9.53 Å². The van der Waals surface area contributed by atoms with Gasteiger partial charge in [0.15, 0.2) is 0 Å². The summed E-state index contributed by atoms with van der Waals surface area (Å²) in [6.07, 6.45) is 44.5. The first-order valence-electron chi connectivity index (χ1n) is 33.1. The van der Waals surface area contributed by atoms with Crippen molar-refractivity contribution in [3.63, 3.8) is 0 Å². The monoisotopic (exact) mass is 1110 g/mol. The molecule has 0 saturated carbocycles. The highest BCUT2D eigenvalue weighted by Gasteiger charge is 2.22. The fourth-order valence-corrected chi connectivity index (χ4v) is 13.2. The van der Waals surface area contributed by atoms with E-state index in [4.69, 9.17) is 4.74 Å². The second kappa shape index (κ2) is 55.4. The smallest absolute Gasteiger partial charge is 0.305 e. The predicted molar refractivity (Wildman–Crippen MR) is 333 cm³/mol. The molecule has 0 aromatic heterocycles. The van der Waals surface area contributed by atoms with Gasteiger partial charge in [-0.2, -0.15) is 0 Å². The van der Waals surface area contributed by atoms with E-state index in [9.17, 15) is 25.2 Å². The van der Waals surface area contributed by atoms with E-state index >= 15 is 0 Å². The average molecular weight is 1120 g/mol. The van der Waals surface area contributed by atoms with Gasteiger partial charge in [0.05, 0.1) is 24.4 Å². The normalized spacial score (nSPS) is 15.7. The van der Waals surface area contributed by atoms with Crippen LogP contribution in [0.2, 0.25) is 0 Å². The molecule has 5 atom stereocenters. The van der Waals surface area contributed by atoms with Gasteiger partial charge >= 0.3 is 5.97 Å². The number of piperazine rings is 1. The fourth-order valence-electron chi connectivity index (χ4n) is 11.0. The zero-order valence-corrected chi connectivity index (χ0v) is 52.7. The molecule has 5 unspecified atom stereocenters. The molecule has 1 saturated heterocycles. The molecule has 1 fully saturated rings. The topological polar surface area (TPSA) is 120 Å². The lowest BCUT2D eigenvalue weighted by Gasteiger charge is -2.34. The summed E-state index contributed by atoms with van der Waals surface area (Å²) < 4.78 is 5.74. The van der Waals surface area contributed by atoms with Crippen LogP contribution in [0.1, 0.15) is 285 Å². The maximum atomic E-state index is 12.9. The molecular formula is C64H130N4O6S2. The summed E-state index contributed by atoms with van der Waals surface area (Å²) in [5.41, 5.74) is 0. The summed E-state index contributed by atoms with van der Waals surface area (Å²) in [7, 11) is 3.94. The van der Waals surface area contributed by atoms with E-state index in [2.05, 4.69) is 54.2 Å². The molecule has 0 spiro atoms. The molecule has 76 heavy (non-hydrogen) atoms. The molecule has 4 N–H and O–H groups in total. The third kappa shape index (κ3) is 47.5. The summed E-state index contributed by atoms with van der Waals surface area (Å²) in [4.78, 5) is 22.5. The van der Waals surface area contributed by atoms with Crippen molar-refractivity contribution in [2.45, 2.75) is 315 Å². The minimum atomic E-state index is -0.406. The van der Waals surface area contributed by atoms with Gasteiger partial charge in [0.2, 0.25) is 0 Å². The van der Waals surface area contributed by atoms with Gasteiger partial charge in [-0.3, -0.25) is 24.4 Å². The molecule has 0 aliphatic carbocycles. The van der Waals surface area contributed by atoms with Gasteiger partial charge in [0.25, 0.3) is 0 Å². The van der Waals surface area contributed by atoms with E-state index in [0.29, 0.717) is 58.2 Å². The van der Waals surface area contributed by atoms with Crippen molar-refractivity contribution in [3.8, 4) is 0 Å². The number of unbranched alkanes of at least 4 members (excludes halogenated alkanes) is 28. The zero-order chi connectivity index (χ0) is 55.4. The van der Waals surface area contributed by atoms with Crippen LogP contribution >= 0.6 is 21.6 Å². The third-order valence-corrected chi connectivity index (χ3v) is 18.6. The van der Waals surface area contributed by atoms with Gasteiger partial charge < -0.3 is 25.2 Å².